The van der Waals surface area contributed by atoms with Gasteiger partial charge in [-0.15, -0.1) is 0 Å². The zero-order chi connectivity index (χ0) is 18.5. The molecular weight excluding hydrogens is 378 g/mol. The summed E-state index contributed by atoms with van der Waals surface area (Å²) in [6.45, 7) is 1.83. The maximum absolute atomic E-state index is 13.0. The van der Waals surface area contributed by atoms with Crippen molar-refractivity contribution >= 4 is 21.8 Å². The normalized spacial score (nSPS) is 35.5. The molecule has 0 saturated carbocycles. The van der Waals surface area contributed by atoms with E-state index in [9.17, 15) is 18.6 Å². The zero-order valence-electron chi connectivity index (χ0n) is 13.9. The average Bonchev–Trinajstić information content (AvgIpc) is 2.62. The average molecular weight is 397 g/mol. The second-order valence-corrected chi connectivity index (χ2v) is 9.67. The molecule has 0 aliphatic carbocycles. The smallest absolute Gasteiger partial charge is 0.273 e. The molecule has 3 aliphatic rings. The second-order valence-electron chi connectivity index (χ2n) is 6.39. The number of sulfonamides is 1. The van der Waals surface area contributed by atoms with Crippen molar-refractivity contribution in [2.75, 3.05) is 0 Å². The van der Waals surface area contributed by atoms with E-state index in [-0.39, 0.29) is 16.5 Å². The van der Waals surface area contributed by atoms with Gasteiger partial charge >= 0.3 is 0 Å². The number of ether oxygens (including phenoxy) is 2. The lowest BCUT2D eigenvalue weighted by Gasteiger charge is -2.44. The number of aliphatic hydroxyl groups excluding tert-OH is 2. The summed E-state index contributed by atoms with van der Waals surface area (Å²) in [7, 11) is -3.81. The van der Waals surface area contributed by atoms with Gasteiger partial charge in [-0.1, -0.05) is 42.1 Å². The number of benzene rings is 1. The predicted octanol–water partition coefficient (Wildman–Crippen LogP) is 1.11. The number of allylic oxidation sites excluding steroid dienone is 1. The molecule has 140 valence electrons. The van der Waals surface area contributed by atoms with Gasteiger partial charge in [0.15, 0.2) is 10.00 Å². The topological polar surface area (TPSA) is 96.3 Å². The fraction of sp³-hybridized carbons (Fsp3) is 0.412. The number of hydrogen-bond donors (Lipinski definition) is 2. The maximum atomic E-state index is 13.0. The Bertz CT molecular complexity index is 853. The molecular formula is C17H19NO6S2. The van der Waals surface area contributed by atoms with Gasteiger partial charge in [-0.25, -0.2) is 8.42 Å². The van der Waals surface area contributed by atoms with E-state index in [1.807, 2.05) is 30.3 Å². The van der Waals surface area contributed by atoms with E-state index in [1.54, 1.807) is 13.0 Å². The first-order chi connectivity index (χ1) is 12.4. The Morgan fingerprint density at radius 2 is 1.92 bits per heavy atom. The van der Waals surface area contributed by atoms with Crippen LogP contribution < -0.4 is 0 Å². The molecule has 2 N–H and O–H groups in total. The number of hydrogen-bond acceptors (Lipinski definition) is 7. The molecule has 26 heavy (non-hydrogen) atoms. The zero-order valence-corrected chi connectivity index (χ0v) is 15.6. The van der Waals surface area contributed by atoms with Gasteiger partial charge in [0, 0.05) is 6.20 Å². The van der Waals surface area contributed by atoms with E-state index in [2.05, 4.69) is 0 Å². The van der Waals surface area contributed by atoms with E-state index in [0.29, 0.717) is 0 Å². The van der Waals surface area contributed by atoms with Gasteiger partial charge in [0.1, 0.15) is 17.5 Å². The lowest BCUT2D eigenvalue weighted by Crippen LogP contribution is -2.57. The summed E-state index contributed by atoms with van der Waals surface area (Å²) in [5.41, 5.74) is 0.856. The number of rotatable bonds is 2. The third-order valence-electron chi connectivity index (χ3n) is 4.59. The van der Waals surface area contributed by atoms with Crippen molar-refractivity contribution in [1.29, 1.82) is 0 Å². The molecule has 0 amide bonds. The highest BCUT2D eigenvalue weighted by atomic mass is 32.3. The Kier molecular flexibility index (Phi) is 4.52. The molecule has 3 heterocycles. The van der Waals surface area contributed by atoms with Crippen molar-refractivity contribution in [3.63, 3.8) is 0 Å². The molecule has 1 aromatic carbocycles. The van der Waals surface area contributed by atoms with Crippen LogP contribution in [0.15, 0.2) is 52.6 Å². The first kappa shape index (κ1) is 17.9. The van der Waals surface area contributed by atoms with E-state index < -0.39 is 39.9 Å². The van der Waals surface area contributed by atoms with Crippen molar-refractivity contribution in [3.8, 4) is 0 Å². The summed E-state index contributed by atoms with van der Waals surface area (Å²) >= 11 is 0.973. The number of nitrogens with zero attached hydrogens (tertiary/aromatic N) is 1. The van der Waals surface area contributed by atoms with Crippen LogP contribution in [0.4, 0.5) is 0 Å². The minimum absolute atomic E-state index is 0.0292. The van der Waals surface area contributed by atoms with Gasteiger partial charge in [-0.05, 0) is 18.6 Å². The van der Waals surface area contributed by atoms with Crippen molar-refractivity contribution in [2.45, 2.75) is 43.3 Å². The van der Waals surface area contributed by atoms with Crippen LogP contribution in [0, 0.1) is 0 Å². The van der Waals surface area contributed by atoms with Crippen LogP contribution in [0.5, 0.6) is 0 Å². The monoisotopic (exact) mass is 397 g/mol. The van der Waals surface area contributed by atoms with Gasteiger partial charge in [0.2, 0.25) is 6.29 Å². The van der Waals surface area contributed by atoms with Crippen LogP contribution in [-0.2, 0) is 26.0 Å². The van der Waals surface area contributed by atoms with Gasteiger partial charge < -0.3 is 19.7 Å². The van der Waals surface area contributed by atoms with Crippen LogP contribution in [0.1, 0.15) is 12.5 Å². The highest BCUT2D eigenvalue weighted by Crippen LogP contribution is 2.46. The Labute approximate surface area is 156 Å². The standard InChI is InChI=1S/C17H19NO6S2/c1-10-13(19)14(20)15-16(23-10)24-12-7-8-18(26(21,22)17(12)25-15)9-11-5-3-2-4-6-11/h2-8,10,13-16,19-20H,9H2,1H3. The third kappa shape index (κ3) is 2.93. The van der Waals surface area contributed by atoms with E-state index in [1.165, 1.54) is 10.5 Å². The van der Waals surface area contributed by atoms with Crippen LogP contribution in [0.25, 0.3) is 0 Å². The summed E-state index contributed by atoms with van der Waals surface area (Å²) in [6, 6.07) is 9.27. The summed E-state index contributed by atoms with van der Waals surface area (Å²) in [6.07, 6.45) is -0.600. The Morgan fingerprint density at radius 3 is 2.65 bits per heavy atom. The van der Waals surface area contributed by atoms with Crippen LogP contribution in [-0.4, -0.2) is 52.8 Å². The van der Waals surface area contributed by atoms with Crippen LogP contribution in [0.3, 0.4) is 0 Å². The fourth-order valence-corrected chi connectivity index (χ4v) is 6.35. The molecule has 0 aromatic heterocycles. The summed E-state index contributed by atoms with van der Waals surface area (Å²) in [5.74, 6) is 0.205. The lowest BCUT2D eigenvalue weighted by molar-refractivity contribution is -0.228. The highest BCUT2D eigenvalue weighted by molar-refractivity contribution is 8.18. The molecule has 1 fully saturated rings. The molecule has 0 spiro atoms. The Hall–Kier alpha value is -1.52. The minimum atomic E-state index is -3.81. The number of fused-ring (bicyclic) bond motifs is 1. The SMILES string of the molecule is CC1OC2OC3=C(SC2C(O)C1O)S(=O)(=O)N(Cc1ccccc1)C=C3. The molecule has 1 saturated heterocycles. The summed E-state index contributed by atoms with van der Waals surface area (Å²) in [5, 5.41) is 19.6. The molecule has 5 atom stereocenters. The first-order valence-electron chi connectivity index (χ1n) is 8.21. The largest absolute Gasteiger partial charge is 0.462 e. The van der Waals surface area contributed by atoms with E-state index in [4.69, 9.17) is 9.47 Å². The third-order valence-corrected chi connectivity index (χ3v) is 8.24. The second kappa shape index (κ2) is 6.58. The number of thioether (sulfide) groups is 1. The molecule has 0 bridgehead atoms. The Balaban J connectivity index is 1.62. The molecule has 4 rings (SSSR count). The summed E-state index contributed by atoms with van der Waals surface area (Å²) in [4.78, 5) is 0. The van der Waals surface area contributed by atoms with Gasteiger partial charge in [0.25, 0.3) is 10.0 Å². The molecule has 7 nitrogen and oxygen atoms in total. The van der Waals surface area contributed by atoms with Crippen molar-refractivity contribution in [2.24, 2.45) is 0 Å². The lowest BCUT2D eigenvalue weighted by atomic mass is 10.0. The van der Waals surface area contributed by atoms with Crippen molar-refractivity contribution < 1.29 is 28.1 Å². The van der Waals surface area contributed by atoms with E-state index in [0.717, 1.165) is 17.3 Å². The molecule has 3 aliphatic heterocycles. The molecule has 9 heteroatoms. The summed E-state index contributed by atoms with van der Waals surface area (Å²) < 4.78 is 38.6. The van der Waals surface area contributed by atoms with Crippen molar-refractivity contribution in [1.82, 2.24) is 4.31 Å². The molecule has 5 unspecified atom stereocenters. The van der Waals surface area contributed by atoms with E-state index >= 15 is 0 Å². The van der Waals surface area contributed by atoms with Crippen molar-refractivity contribution in [3.05, 3.63) is 58.2 Å². The van der Waals surface area contributed by atoms with Crippen LogP contribution in [0.2, 0.25) is 0 Å². The molecule has 0 radical (unpaired) electrons. The molecule has 1 aromatic rings. The first-order valence-corrected chi connectivity index (χ1v) is 10.5. The number of aliphatic hydroxyl groups is 2. The van der Waals surface area contributed by atoms with Crippen LogP contribution >= 0.6 is 11.8 Å². The Morgan fingerprint density at radius 1 is 1.19 bits per heavy atom. The minimum Gasteiger partial charge on any atom is -0.462 e. The maximum Gasteiger partial charge on any atom is 0.273 e. The highest BCUT2D eigenvalue weighted by Gasteiger charge is 2.50. The fourth-order valence-electron chi connectivity index (χ4n) is 3.11. The quantitative estimate of drug-likeness (QED) is 0.772. The van der Waals surface area contributed by atoms with Gasteiger partial charge in [-0.3, -0.25) is 4.31 Å². The van der Waals surface area contributed by atoms with Gasteiger partial charge in [-0.2, -0.15) is 0 Å². The van der Waals surface area contributed by atoms with Gasteiger partial charge in [0.05, 0.1) is 12.6 Å². The predicted molar refractivity (Wildman–Crippen MR) is 95.9 cm³/mol.